The van der Waals surface area contributed by atoms with Gasteiger partial charge in [-0.25, -0.2) is 9.97 Å². The van der Waals surface area contributed by atoms with Crippen LogP contribution in [0.25, 0.3) is 6.08 Å². The molecule has 1 N–H and O–H groups in total. The van der Waals surface area contributed by atoms with E-state index in [0.29, 0.717) is 6.04 Å². The van der Waals surface area contributed by atoms with Gasteiger partial charge in [-0.3, -0.25) is 0 Å². The molecule has 2 fully saturated rings. The summed E-state index contributed by atoms with van der Waals surface area (Å²) in [4.78, 5) is 11.0. The van der Waals surface area contributed by atoms with Crippen molar-refractivity contribution in [2.24, 2.45) is 0 Å². The summed E-state index contributed by atoms with van der Waals surface area (Å²) in [7, 11) is 0. The maximum absolute atomic E-state index is 4.39. The van der Waals surface area contributed by atoms with Crippen LogP contribution in [0.4, 0.5) is 0 Å². The van der Waals surface area contributed by atoms with Gasteiger partial charge in [-0.1, -0.05) is 44.2 Å². The van der Waals surface area contributed by atoms with Crippen LogP contribution in [0.5, 0.6) is 0 Å². The van der Waals surface area contributed by atoms with E-state index in [4.69, 9.17) is 0 Å². The number of hydrogen-bond acceptors (Lipinski definition) is 5. The van der Waals surface area contributed by atoms with Gasteiger partial charge in [0.1, 0.15) is 0 Å². The molecule has 1 aliphatic carbocycles. The highest BCUT2D eigenvalue weighted by molar-refractivity contribution is 7.98. The van der Waals surface area contributed by atoms with Crippen LogP contribution < -0.4 is 5.32 Å². The lowest BCUT2D eigenvalue weighted by Crippen LogP contribution is -2.48. The smallest absolute Gasteiger partial charge is 0.187 e. The Morgan fingerprint density at radius 1 is 1.21 bits per heavy atom. The van der Waals surface area contributed by atoms with Crippen LogP contribution >= 0.6 is 11.8 Å². The van der Waals surface area contributed by atoms with E-state index in [1.54, 1.807) is 11.8 Å². The molecule has 1 unspecified atom stereocenters. The number of aromatic nitrogens is 2. The predicted molar refractivity (Wildman–Crippen MR) is 101 cm³/mol. The van der Waals surface area contributed by atoms with Crippen molar-refractivity contribution in [3.63, 3.8) is 0 Å². The molecule has 1 aromatic rings. The average Bonchev–Trinajstić information content (AvgIpc) is 2.60. The van der Waals surface area contributed by atoms with Crippen LogP contribution in [0.3, 0.4) is 0 Å². The highest BCUT2D eigenvalue weighted by Crippen LogP contribution is 2.34. The summed E-state index contributed by atoms with van der Waals surface area (Å²) in [5.74, 6) is 0.977. The summed E-state index contributed by atoms with van der Waals surface area (Å²) < 4.78 is 0. The first kappa shape index (κ1) is 17.1. The highest BCUT2D eigenvalue weighted by atomic mass is 32.2. The average molecular weight is 343 g/mol. The molecule has 4 nitrogen and oxygen atoms in total. The third kappa shape index (κ3) is 3.51. The van der Waals surface area contributed by atoms with E-state index >= 15 is 0 Å². The van der Waals surface area contributed by atoms with Crippen molar-refractivity contribution in [2.75, 3.05) is 6.26 Å². The Morgan fingerprint density at radius 3 is 2.50 bits per heavy atom. The van der Waals surface area contributed by atoms with E-state index in [-0.39, 0.29) is 6.04 Å². The Labute approximate surface area is 149 Å². The normalized spacial score (nSPS) is 24.3. The molecular weight excluding hydrogens is 316 g/mol. The minimum atomic E-state index is 0.185. The van der Waals surface area contributed by atoms with Gasteiger partial charge in [0, 0.05) is 29.7 Å². The lowest BCUT2D eigenvalue weighted by molar-refractivity contribution is 0.219. The molecule has 1 aliphatic heterocycles. The number of nitrogens with one attached hydrogen (secondary N) is 1. The first-order chi connectivity index (χ1) is 11.6. The van der Waals surface area contributed by atoms with Crippen molar-refractivity contribution in [1.82, 2.24) is 20.2 Å². The maximum atomic E-state index is 4.39. The molecule has 0 aromatic carbocycles. The van der Waals surface area contributed by atoms with E-state index < -0.39 is 0 Å². The molecule has 0 spiro atoms. The third-order valence-electron chi connectivity index (χ3n) is 4.86. The van der Waals surface area contributed by atoms with E-state index in [1.807, 2.05) is 18.6 Å². The molecule has 128 valence electrons. The summed E-state index contributed by atoms with van der Waals surface area (Å²) in [6.45, 7) is 10.8. The maximum Gasteiger partial charge on any atom is 0.187 e. The molecule has 0 amide bonds. The molecule has 2 aliphatic rings. The standard InChI is InChI=1S/C19H26N4S/c1-13-18(10-16-11-20-19(24-4)21-12-16)14(2)23(15(3)22-13)17-8-6-5-7-9-17/h10-13,17,22H,2-3,5-9H2,1,4H3/b18-10-. The lowest BCUT2D eigenvalue weighted by Gasteiger charge is -2.44. The van der Waals surface area contributed by atoms with Gasteiger partial charge in [0.15, 0.2) is 5.16 Å². The Balaban J connectivity index is 1.86. The number of rotatable bonds is 3. The Bertz CT molecular complexity index is 644. The van der Waals surface area contributed by atoms with E-state index in [0.717, 1.165) is 22.2 Å². The van der Waals surface area contributed by atoms with Crippen LogP contribution in [0.2, 0.25) is 0 Å². The predicted octanol–water partition coefficient (Wildman–Crippen LogP) is 4.19. The molecule has 0 bridgehead atoms. The molecule has 0 radical (unpaired) electrons. The first-order valence-electron chi connectivity index (χ1n) is 8.61. The van der Waals surface area contributed by atoms with Crippen LogP contribution in [0, 0.1) is 0 Å². The lowest BCUT2D eigenvalue weighted by atomic mass is 9.91. The number of thioether (sulfide) groups is 1. The second-order valence-electron chi connectivity index (χ2n) is 6.52. The Hall–Kier alpha value is -1.75. The minimum absolute atomic E-state index is 0.185. The summed E-state index contributed by atoms with van der Waals surface area (Å²) in [6, 6.07) is 0.697. The van der Waals surface area contributed by atoms with Crippen molar-refractivity contribution in [2.45, 2.75) is 56.3 Å². The van der Waals surface area contributed by atoms with Crippen molar-refractivity contribution in [3.8, 4) is 0 Å². The van der Waals surface area contributed by atoms with Crippen LogP contribution in [-0.2, 0) is 0 Å². The largest absolute Gasteiger partial charge is 0.365 e. The fourth-order valence-corrected chi connectivity index (χ4v) is 3.94. The SMILES string of the molecule is C=C1NC(C)/C(=C/c2cnc(SC)nc2)C(=C)N1C1CCCCC1. The quantitative estimate of drug-likeness (QED) is 0.659. The van der Waals surface area contributed by atoms with Crippen molar-refractivity contribution >= 4 is 17.8 Å². The monoisotopic (exact) mass is 342 g/mol. The van der Waals surface area contributed by atoms with Gasteiger partial charge in [-0.15, -0.1) is 0 Å². The zero-order valence-corrected chi connectivity index (χ0v) is 15.4. The van der Waals surface area contributed by atoms with Gasteiger partial charge in [-0.05, 0) is 37.7 Å². The van der Waals surface area contributed by atoms with Gasteiger partial charge in [0.2, 0.25) is 0 Å². The summed E-state index contributed by atoms with van der Waals surface area (Å²) >= 11 is 1.55. The Kier molecular flexibility index (Phi) is 5.29. The summed E-state index contributed by atoms with van der Waals surface area (Å²) in [6.07, 6.45) is 14.2. The first-order valence-corrected chi connectivity index (χ1v) is 9.84. The minimum Gasteiger partial charge on any atom is -0.365 e. The van der Waals surface area contributed by atoms with Gasteiger partial charge in [-0.2, -0.15) is 0 Å². The van der Waals surface area contributed by atoms with E-state index in [2.05, 4.69) is 46.3 Å². The zero-order chi connectivity index (χ0) is 17.1. The van der Waals surface area contributed by atoms with Crippen LogP contribution in [-0.4, -0.2) is 33.2 Å². The molecule has 3 rings (SSSR count). The number of nitrogens with zero attached hydrogens (tertiary/aromatic N) is 3. The van der Waals surface area contributed by atoms with Gasteiger partial charge in [0.25, 0.3) is 0 Å². The highest BCUT2D eigenvalue weighted by Gasteiger charge is 2.31. The Morgan fingerprint density at radius 2 is 1.88 bits per heavy atom. The topological polar surface area (TPSA) is 41.1 Å². The molecule has 1 atom stereocenters. The molecule has 24 heavy (non-hydrogen) atoms. The summed E-state index contributed by atoms with van der Waals surface area (Å²) in [5.41, 5.74) is 3.26. The van der Waals surface area contributed by atoms with Crippen LogP contribution in [0.15, 0.2) is 47.8 Å². The van der Waals surface area contributed by atoms with Crippen molar-refractivity contribution in [1.29, 1.82) is 0 Å². The van der Waals surface area contributed by atoms with Gasteiger partial charge in [0.05, 0.1) is 11.9 Å². The third-order valence-corrected chi connectivity index (χ3v) is 5.43. The zero-order valence-electron chi connectivity index (χ0n) is 14.6. The molecule has 1 saturated heterocycles. The second kappa shape index (κ2) is 7.43. The fraction of sp³-hybridized carbons (Fsp3) is 0.474. The van der Waals surface area contributed by atoms with E-state index in [1.165, 1.54) is 37.7 Å². The number of hydrogen-bond donors (Lipinski definition) is 1. The van der Waals surface area contributed by atoms with Gasteiger partial charge >= 0.3 is 0 Å². The fourth-order valence-electron chi connectivity index (χ4n) is 3.62. The molecule has 5 heteroatoms. The molecular formula is C19H26N4S. The van der Waals surface area contributed by atoms with Gasteiger partial charge < -0.3 is 10.2 Å². The van der Waals surface area contributed by atoms with Crippen LogP contribution in [0.1, 0.15) is 44.6 Å². The van der Waals surface area contributed by atoms with Crippen molar-refractivity contribution < 1.29 is 0 Å². The molecule has 2 heterocycles. The second-order valence-corrected chi connectivity index (χ2v) is 7.30. The van der Waals surface area contributed by atoms with Crippen molar-refractivity contribution in [3.05, 3.63) is 48.2 Å². The summed E-state index contributed by atoms with van der Waals surface area (Å²) in [5, 5.41) is 4.30. The van der Waals surface area contributed by atoms with E-state index in [9.17, 15) is 0 Å². The molecule has 1 aromatic heterocycles. The molecule has 1 saturated carbocycles.